The molecule has 0 bridgehead atoms. The van der Waals surface area contributed by atoms with Crippen molar-refractivity contribution < 1.29 is 14.3 Å². The lowest BCUT2D eigenvalue weighted by Crippen LogP contribution is -2.41. The molecule has 1 aliphatic rings. The number of nitrogens with one attached hydrogen (secondary N) is 1. The van der Waals surface area contributed by atoms with Gasteiger partial charge in [0.15, 0.2) is 0 Å². The molecule has 6 nitrogen and oxygen atoms in total. The summed E-state index contributed by atoms with van der Waals surface area (Å²) in [5.74, 6) is -0.0995. The molecule has 0 atom stereocenters. The molecule has 1 saturated heterocycles. The number of aryl methyl sites for hydroxylation is 1. The Balaban J connectivity index is 1.38. The number of pyridine rings is 1. The van der Waals surface area contributed by atoms with E-state index >= 15 is 0 Å². The summed E-state index contributed by atoms with van der Waals surface area (Å²) < 4.78 is 5.28. The number of carbonyl (C=O) groups excluding carboxylic acids is 2. The van der Waals surface area contributed by atoms with Gasteiger partial charge >= 0.3 is 0 Å². The van der Waals surface area contributed by atoms with Crippen LogP contribution in [0.4, 0.5) is 5.69 Å². The fourth-order valence-corrected chi connectivity index (χ4v) is 4.06. The van der Waals surface area contributed by atoms with E-state index in [9.17, 15) is 9.59 Å². The Bertz CT molecular complexity index is 1030. The first-order chi connectivity index (χ1) is 14.6. The molecule has 0 spiro atoms. The minimum atomic E-state index is -0.199. The summed E-state index contributed by atoms with van der Waals surface area (Å²) in [6, 6.07) is 15.1. The molecule has 4 rings (SSSR count). The van der Waals surface area contributed by atoms with E-state index in [1.165, 1.54) is 0 Å². The van der Waals surface area contributed by atoms with E-state index in [2.05, 4.69) is 10.3 Å². The fourth-order valence-electron chi connectivity index (χ4n) is 3.37. The third kappa shape index (κ3) is 4.75. The number of carbonyl (C=O) groups is 2. The van der Waals surface area contributed by atoms with Gasteiger partial charge in [0, 0.05) is 18.8 Å². The molecule has 3 aromatic rings. The van der Waals surface area contributed by atoms with E-state index < -0.39 is 0 Å². The highest BCUT2D eigenvalue weighted by Crippen LogP contribution is 2.24. The van der Waals surface area contributed by atoms with Crippen LogP contribution in [-0.2, 0) is 16.0 Å². The van der Waals surface area contributed by atoms with Gasteiger partial charge in [0.2, 0.25) is 5.91 Å². The van der Waals surface area contributed by atoms with Crippen LogP contribution >= 0.6 is 11.3 Å². The summed E-state index contributed by atoms with van der Waals surface area (Å²) in [5.41, 5.74) is 3.70. The number of hydrogen-bond donors (Lipinski definition) is 1. The van der Waals surface area contributed by atoms with Gasteiger partial charge in [0.05, 0.1) is 41.5 Å². The molecule has 1 aliphatic heterocycles. The van der Waals surface area contributed by atoms with Crippen LogP contribution in [0, 0.1) is 6.92 Å². The van der Waals surface area contributed by atoms with E-state index in [0.29, 0.717) is 49.7 Å². The number of aromatic nitrogens is 1. The molecule has 2 aromatic heterocycles. The minimum absolute atomic E-state index is 0.0996. The van der Waals surface area contributed by atoms with Crippen molar-refractivity contribution in [1.29, 1.82) is 0 Å². The Kier molecular flexibility index (Phi) is 6.21. The average molecular weight is 422 g/mol. The topological polar surface area (TPSA) is 71.5 Å². The van der Waals surface area contributed by atoms with Gasteiger partial charge < -0.3 is 15.0 Å². The number of ether oxygens (including phenoxy) is 1. The van der Waals surface area contributed by atoms with Crippen LogP contribution in [0.25, 0.3) is 10.6 Å². The fraction of sp³-hybridized carbons (Fsp3) is 0.261. The van der Waals surface area contributed by atoms with Crippen LogP contribution in [0.2, 0.25) is 0 Å². The standard InChI is InChI=1S/C23H23N3O3S/c1-16-19(8-9-20(24-16)21-3-2-14-30-21)23(28)25-18-6-4-17(5-7-18)15-22(27)26-10-12-29-13-11-26/h2-9,14H,10-13,15H2,1H3,(H,25,28). The largest absolute Gasteiger partial charge is 0.378 e. The van der Waals surface area contributed by atoms with Crippen LogP contribution in [0.1, 0.15) is 21.6 Å². The molecule has 154 valence electrons. The van der Waals surface area contributed by atoms with Gasteiger partial charge in [-0.05, 0) is 48.2 Å². The molecule has 3 heterocycles. The van der Waals surface area contributed by atoms with Gasteiger partial charge in [-0.15, -0.1) is 11.3 Å². The van der Waals surface area contributed by atoms with Crippen LogP contribution in [0.15, 0.2) is 53.9 Å². The number of hydrogen-bond acceptors (Lipinski definition) is 5. The molecule has 1 N–H and O–H groups in total. The van der Waals surface area contributed by atoms with E-state index in [4.69, 9.17) is 4.74 Å². The van der Waals surface area contributed by atoms with Gasteiger partial charge in [-0.25, -0.2) is 0 Å². The van der Waals surface area contributed by atoms with Crippen LogP contribution in [-0.4, -0.2) is 48.0 Å². The summed E-state index contributed by atoms with van der Waals surface area (Å²) in [7, 11) is 0. The van der Waals surface area contributed by atoms with Crippen molar-refractivity contribution in [1.82, 2.24) is 9.88 Å². The maximum atomic E-state index is 12.7. The zero-order valence-electron chi connectivity index (χ0n) is 16.8. The lowest BCUT2D eigenvalue weighted by molar-refractivity contribution is -0.134. The van der Waals surface area contributed by atoms with E-state index in [1.54, 1.807) is 11.3 Å². The SMILES string of the molecule is Cc1nc(-c2cccs2)ccc1C(=O)Nc1ccc(CC(=O)N2CCOCC2)cc1. The van der Waals surface area contributed by atoms with Crippen molar-refractivity contribution in [2.75, 3.05) is 31.6 Å². The first-order valence-corrected chi connectivity index (χ1v) is 10.8. The van der Waals surface area contributed by atoms with Crippen molar-refractivity contribution >= 4 is 28.8 Å². The van der Waals surface area contributed by atoms with Crippen molar-refractivity contribution in [3.05, 3.63) is 70.7 Å². The molecule has 1 aromatic carbocycles. The third-order valence-electron chi connectivity index (χ3n) is 5.04. The van der Waals surface area contributed by atoms with Gasteiger partial charge in [-0.3, -0.25) is 14.6 Å². The minimum Gasteiger partial charge on any atom is -0.378 e. The van der Waals surface area contributed by atoms with Gasteiger partial charge in [-0.1, -0.05) is 18.2 Å². The second-order valence-corrected chi connectivity index (χ2v) is 8.08. The lowest BCUT2D eigenvalue weighted by Gasteiger charge is -2.26. The van der Waals surface area contributed by atoms with Crippen LogP contribution in [0.3, 0.4) is 0 Å². The Morgan fingerprint density at radius 2 is 1.87 bits per heavy atom. The quantitative estimate of drug-likeness (QED) is 0.681. The smallest absolute Gasteiger partial charge is 0.257 e. The Morgan fingerprint density at radius 3 is 2.53 bits per heavy atom. The Labute approximate surface area is 179 Å². The molecular formula is C23H23N3O3S. The van der Waals surface area contributed by atoms with Gasteiger partial charge in [0.25, 0.3) is 5.91 Å². The number of morpholine rings is 1. The molecule has 1 fully saturated rings. The molecule has 7 heteroatoms. The van der Waals surface area contributed by atoms with E-state index in [-0.39, 0.29) is 11.8 Å². The maximum Gasteiger partial charge on any atom is 0.257 e. The van der Waals surface area contributed by atoms with Crippen LogP contribution < -0.4 is 5.32 Å². The summed E-state index contributed by atoms with van der Waals surface area (Å²) in [6.07, 6.45) is 0.349. The van der Waals surface area contributed by atoms with Gasteiger partial charge in [0.1, 0.15) is 0 Å². The first kappa shape index (κ1) is 20.3. The summed E-state index contributed by atoms with van der Waals surface area (Å²) in [4.78, 5) is 32.5. The Hall–Kier alpha value is -3.03. The van der Waals surface area contributed by atoms with Crippen LogP contribution in [0.5, 0.6) is 0 Å². The van der Waals surface area contributed by atoms with Crippen molar-refractivity contribution in [2.45, 2.75) is 13.3 Å². The predicted octanol–water partition coefficient (Wildman–Crippen LogP) is 3.77. The predicted molar refractivity (Wildman–Crippen MR) is 118 cm³/mol. The maximum absolute atomic E-state index is 12.7. The monoisotopic (exact) mass is 421 g/mol. The summed E-state index contributed by atoms with van der Waals surface area (Å²) >= 11 is 1.62. The third-order valence-corrected chi connectivity index (χ3v) is 5.93. The number of nitrogens with zero attached hydrogens (tertiary/aromatic N) is 2. The number of amides is 2. The molecule has 0 aliphatic carbocycles. The normalized spacial score (nSPS) is 13.8. The number of anilines is 1. The highest BCUT2D eigenvalue weighted by molar-refractivity contribution is 7.13. The van der Waals surface area contributed by atoms with E-state index in [0.717, 1.165) is 16.1 Å². The van der Waals surface area contributed by atoms with Crippen molar-refractivity contribution in [3.63, 3.8) is 0 Å². The highest BCUT2D eigenvalue weighted by atomic mass is 32.1. The van der Waals surface area contributed by atoms with Crippen molar-refractivity contribution in [2.24, 2.45) is 0 Å². The molecule has 30 heavy (non-hydrogen) atoms. The number of rotatable bonds is 5. The van der Waals surface area contributed by atoms with Crippen molar-refractivity contribution in [3.8, 4) is 10.6 Å². The second kappa shape index (κ2) is 9.19. The lowest BCUT2D eigenvalue weighted by atomic mass is 10.1. The Morgan fingerprint density at radius 1 is 1.10 bits per heavy atom. The number of thiophene rings is 1. The second-order valence-electron chi connectivity index (χ2n) is 7.13. The highest BCUT2D eigenvalue weighted by Gasteiger charge is 2.17. The van der Waals surface area contributed by atoms with E-state index in [1.807, 2.05) is 65.7 Å². The summed E-state index contributed by atoms with van der Waals surface area (Å²) in [5, 5.41) is 4.91. The first-order valence-electron chi connectivity index (χ1n) is 9.87. The average Bonchev–Trinajstić information content (AvgIpc) is 3.30. The molecular weight excluding hydrogens is 398 g/mol. The molecule has 2 amide bonds. The zero-order valence-corrected chi connectivity index (χ0v) is 17.6. The van der Waals surface area contributed by atoms with Gasteiger partial charge in [-0.2, -0.15) is 0 Å². The molecule has 0 saturated carbocycles. The molecule has 0 radical (unpaired) electrons. The summed E-state index contributed by atoms with van der Waals surface area (Å²) in [6.45, 7) is 4.32. The zero-order chi connectivity index (χ0) is 20.9. The number of benzene rings is 1. The molecule has 0 unspecified atom stereocenters.